The highest BCUT2D eigenvalue weighted by molar-refractivity contribution is 5.77. The van der Waals surface area contributed by atoms with Crippen LogP contribution in [0.2, 0.25) is 0 Å². The van der Waals surface area contributed by atoms with Crippen molar-refractivity contribution in [1.82, 2.24) is 20.4 Å². The number of hydrogen-bond donors (Lipinski definition) is 2. The number of methoxy groups -OCH3 is 1. The lowest BCUT2D eigenvalue weighted by atomic mass is 10.2. The van der Waals surface area contributed by atoms with E-state index in [2.05, 4.69) is 15.7 Å². The molecule has 0 saturated carbocycles. The van der Waals surface area contributed by atoms with E-state index in [1.807, 2.05) is 20.9 Å². The van der Waals surface area contributed by atoms with Crippen molar-refractivity contribution >= 4 is 5.91 Å². The van der Waals surface area contributed by atoms with E-state index in [-0.39, 0.29) is 5.91 Å². The lowest BCUT2D eigenvalue weighted by Gasteiger charge is -2.07. The van der Waals surface area contributed by atoms with Gasteiger partial charge in [0, 0.05) is 20.1 Å². The fourth-order valence-electron chi connectivity index (χ4n) is 1.77. The van der Waals surface area contributed by atoms with Gasteiger partial charge < -0.3 is 15.4 Å². The summed E-state index contributed by atoms with van der Waals surface area (Å²) >= 11 is 0. The van der Waals surface area contributed by atoms with Gasteiger partial charge in [0.25, 0.3) is 0 Å². The number of hydrogen-bond acceptors (Lipinski definition) is 4. The molecule has 1 amide bonds. The first-order valence-electron chi connectivity index (χ1n) is 6.14. The van der Waals surface area contributed by atoms with E-state index < -0.39 is 0 Å². The molecule has 0 aliphatic heterocycles. The minimum Gasteiger partial charge on any atom is -0.481 e. The van der Waals surface area contributed by atoms with Crippen molar-refractivity contribution in [2.24, 2.45) is 7.05 Å². The molecule has 0 spiro atoms. The minimum absolute atomic E-state index is 0.0114. The van der Waals surface area contributed by atoms with Gasteiger partial charge in [-0.2, -0.15) is 5.10 Å². The summed E-state index contributed by atoms with van der Waals surface area (Å²) < 4.78 is 6.98. The van der Waals surface area contributed by atoms with Gasteiger partial charge in [0.05, 0.1) is 24.9 Å². The molecule has 6 nitrogen and oxygen atoms in total. The molecule has 1 aromatic heterocycles. The van der Waals surface area contributed by atoms with Gasteiger partial charge >= 0.3 is 0 Å². The Morgan fingerprint density at radius 2 is 2.22 bits per heavy atom. The molecule has 0 saturated heterocycles. The zero-order chi connectivity index (χ0) is 13.5. The van der Waals surface area contributed by atoms with Crippen LogP contribution in [0.3, 0.4) is 0 Å². The lowest BCUT2D eigenvalue weighted by molar-refractivity contribution is -0.120. The van der Waals surface area contributed by atoms with Crippen molar-refractivity contribution in [3.63, 3.8) is 0 Å². The van der Waals surface area contributed by atoms with E-state index in [1.54, 1.807) is 11.8 Å². The Bertz CT molecular complexity index is 401. The first-order valence-corrected chi connectivity index (χ1v) is 6.14. The summed E-state index contributed by atoms with van der Waals surface area (Å²) in [5.74, 6) is 0.742. The fourth-order valence-corrected chi connectivity index (χ4v) is 1.77. The lowest BCUT2D eigenvalue weighted by Crippen LogP contribution is -2.34. The van der Waals surface area contributed by atoms with E-state index in [4.69, 9.17) is 4.74 Å². The molecule has 102 valence electrons. The van der Waals surface area contributed by atoms with Crippen LogP contribution in [0.4, 0.5) is 0 Å². The van der Waals surface area contributed by atoms with Crippen LogP contribution >= 0.6 is 0 Å². The normalized spacial score (nSPS) is 10.4. The van der Waals surface area contributed by atoms with Crippen LogP contribution in [-0.2, 0) is 18.4 Å². The van der Waals surface area contributed by atoms with Crippen LogP contribution < -0.4 is 15.4 Å². The molecule has 1 heterocycles. The van der Waals surface area contributed by atoms with Gasteiger partial charge in [-0.1, -0.05) is 6.92 Å². The third-order valence-electron chi connectivity index (χ3n) is 2.64. The Hall–Kier alpha value is -1.56. The van der Waals surface area contributed by atoms with E-state index in [1.165, 1.54) is 0 Å². The zero-order valence-electron chi connectivity index (χ0n) is 11.5. The predicted molar refractivity (Wildman–Crippen MR) is 69.5 cm³/mol. The van der Waals surface area contributed by atoms with E-state index >= 15 is 0 Å². The smallest absolute Gasteiger partial charge is 0.233 e. The summed E-state index contributed by atoms with van der Waals surface area (Å²) in [5.41, 5.74) is 1.90. The van der Waals surface area contributed by atoms with Crippen molar-refractivity contribution in [2.75, 3.05) is 20.2 Å². The molecule has 0 atom stereocenters. The second-order valence-corrected chi connectivity index (χ2v) is 4.15. The maximum absolute atomic E-state index is 11.4. The number of rotatable bonds is 7. The van der Waals surface area contributed by atoms with Crippen LogP contribution in [0.5, 0.6) is 5.88 Å². The highest BCUT2D eigenvalue weighted by Gasteiger charge is 2.13. The third kappa shape index (κ3) is 3.73. The van der Waals surface area contributed by atoms with Gasteiger partial charge in [-0.05, 0) is 13.3 Å². The summed E-state index contributed by atoms with van der Waals surface area (Å²) in [7, 11) is 3.46. The molecular formula is C12H22N4O2. The molecule has 0 fully saturated rings. The van der Waals surface area contributed by atoms with Crippen molar-refractivity contribution in [3.8, 4) is 5.88 Å². The predicted octanol–water partition coefficient (Wildman–Crippen LogP) is 0.353. The number of nitrogens with one attached hydrogen (secondary N) is 2. The second-order valence-electron chi connectivity index (χ2n) is 4.15. The standard InChI is InChI=1S/C12H22N4O2/c1-5-6-14-11(17)8-13-7-10-9(2)15-16(3)12(10)18-4/h13H,5-8H2,1-4H3,(H,14,17). The van der Waals surface area contributed by atoms with Gasteiger partial charge in [0.2, 0.25) is 11.8 Å². The SMILES string of the molecule is CCCNC(=O)CNCc1c(C)nn(C)c1OC. The van der Waals surface area contributed by atoms with Crippen LogP contribution in [0.15, 0.2) is 0 Å². The quantitative estimate of drug-likeness (QED) is 0.737. The highest BCUT2D eigenvalue weighted by atomic mass is 16.5. The molecule has 0 aromatic carbocycles. The number of aryl methyl sites for hydroxylation is 2. The molecule has 0 aliphatic rings. The largest absolute Gasteiger partial charge is 0.481 e. The molecule has 1 aromatic rings. The van der Waals surface area contributed by atoms with Gasteiger partial charge in [0.1, 0.15) is 0 Å². The van der Waals surface area contributed by atoms with Crippen molar-refractivity contribution in [1.29, 1.82) is 0 Å². The summed E-state index contributed by atoms with van der Waals surface area (Å²) in [4.78, 5) is 11.4. The number of aromatic nitrogens is 2. The topological polar surface area (TPSA) is 68.2 Å². The highest BCUT2D eigenvalue weighted by Crippen LogP contribution is 2.20. The average molecular weight is 254 g/mol. The third-order valence-corrected chi connectivity index (χ3v) is 2.64. The summed E-state index contributed by atoms with van der Waals surface area (Å²) in [6.45, 7) is 5.55. The van der Waals surface area contributed by atoms with Crippen molar-refractivity contribution < 1.29 is 9.53 Å². The summed E-state index contributed by atoms with van der Waals surface area (Å²) in [6, 6.07) is 0. The van der Waals surface area contributed by atoms with E-state index in [9.17, 15) is 4.79 Å². The van der Waals surface area contributed by atoms with Gasteiger partial charge in [-0.15, -0.1) is 0 Å². The maximum Gasteiger partial charge on any atom is 0.233 e. The number of amides is 1. The Balaban J connectivity index is 2.46. The Labute approximate surface area is 108 Å². The number of ether oxygens (including phenoxy) is 1. The molecule has 1 rings (SSSR count). The van der Waals surface area contributed by atoms with Crippen LogP contribution in [-0.4, -0.2) is 35.9 Å². The second kappa shape index (κ2) is 7.00. The molecule has 2 N–H and O–H groups in total. The van der Waals surface area contributed by atoms with Crippen molar-refractivity contribution in [2.45, 2.75) is 26.8 Å². The first-order chi connectivity index (χ1) is 8.60. The maximum atomic E-state index is 11.4. The fraction of sp³-hybridized carbons (Fsp3) is 0.667. The first kappa shape index (κ1) is 14.5. The number of carbonyl (C=O) groups excluding carboxylic acids is 1. The zero-order valence-corrected chi connectivity index (χ0v) is 11.5. The number of nitrogens with zero attached hydrogens (tertiary/aromatic N) is 2. The molecular weight excluding hydrogens is 232 g/mol. The minimum atomic E-state index is 0.0114. The molecule has 18 heavy (non-hydrogen) atoms. The van der Waals surface area contributed by atoms with Crippen LogP contribution in [0.25, 0.3) is 0 Å². The Morgan fingerprint density at radius 3 is 2.83 bits per heavy atom. The molecule has 0 aliphatic carbocycles. The van der Waals surface area contributed by atoms with Gasteiger partial charge in [0.15, 0.2) is 0 Å². The molecule has 0 radical (unpaired) electrons. The van der Waals surface area contributed by atoms with Gasteiger partial charge in [-0.25, -0.2) is 4.68 Å². The van der Waals surface area contributed by atoms with Crippen LogP contribution in [0, 0.1) is 6.92 Å². The number of carbonyl (C=O) groups is 1. The monoisotopic (exact) mass is 254 g/mol. The van der Waals surface area contributed by atoms with E-state index in [0.717, 1.165) is 30.1 Å². The van der Waals surface area contributed by atoms with Gasteiger partial charge in [-0.3, -0.25) is 4.79 Å². The average Bonchev–Trinajstić information content (AvgIpc) is 2.61. The summed E-state index contributed by atoms with van der Waals surface area (Å²) in [5, 5.41) is 10.2. The van der Waals surface area contributed by atoms with Crippen molar-refractivity contribution in [3.05, 3.63) is 11.3 Å². The Kier molecular flexibility index (Phi) is 5.64. The molecule has 6 heteroatoms. The molecule has 0 unspecified atom stereocenters. The summed E-state index contributed by atoms with van der Waals surface area (Å²) in [6.07, 6.45) is 0.946. The Morgan fingerprint density at radius 1 is 1.50 bits per heavy atom. The van der Waals surface area contributed by atoms with E-state index in [0.29, 0.717) is 13.1 Å². The molecule has 0 bridgehead atoms. The van der Waals surface area contributed by atoms with Crippen LogP contribution in [0.1, 0.15) is 24.6 Å².